The Labute approximate surface area is 89.2 Å². The molecule has 0 aliphatic rings. The summed E-state index contributed by atoms with van der Waals surface area (Å²) in [5.41, 5.74) is 0.535. The number of ether oxygens (including phenoxy) is 2. The third kappa shape index (κ3) is 4.32. The van der Waals surface area contributed by atoms with E-state index in [0.29, 0.717) is 12.0 Å². The fourth-order valence-electron chi connectivity index (χ4n) is 1.01. The van der Waals surface area contributed by atoms with Gasteiger partial charge in [-0.3, -0.25) is 9.59 Å². The molecule has 0 radical (unpaired) electrons. The Bertz CT molecular complexity index is 282. The maximum absolute atomic E-state index is 11.2. The van der Waals surface area contributed by atoms with Crippen molar-refractivity contribution < 1.29 is 19.1 Å². The van der Waals surface area contributed by atoms with E-state index in [1.165, 1.54) is 14.2 Å². The monoisotopic (exact) mass is 210 g/mol. The highest BCUT2D eigenvalue weighted by atomic mass is 16.5. The standard InChI is InChI=1S/C11H14O4/c1-5-8(2)6-7-9(10(12)14-3)11(13)15-4/h1,9H,2,6-7H2,3-4H3. The number of terminal acetylenes is 1. The third-order valence-electron chi connectivity index (χ3n) is 1.91. The largest absolute Gasteiger partial charge is 0.468 e. The fourth-order valence-corrected chi connectivity index (χ4v) is 1.01. The highest BCUT2D eigenvalue weighted by Gasteiger charge is 2.27. The molecule has 0 saturated carbocycles. The van der Waals surface area contributed by atoms with Crippen molar-refractivity contribution >= 4 is 11.9 Å². The van der Waals surface area contributed by atoms with E-state index < -0.39 is 17.9 Å². The number of methoxy groups -OCH3 is 2. The summed E-state index contributed by atoms with van der Waals surface area (Å²) in [4.78, 5) is 22.4. The summed E-state index contributed by atoms with van der Waals surface area (Å²) < 4.78 is 8.96. The van der Waals surface area contributed by atoms with Gasteiger partial charge in [-0.2, -0.15) is 0 Å². The van der Waals surface area contributed by atoms with E-state index in [9.17, 15) is 9.59 Å². The van der Waals surface area contributed by atoms with E-state index in [4.69, 9.17) is 6.42 Å². The second-order valence-corrected chi connectivity index (χ2v) is 2.89. The zero-order chi connectivity index (χ0) is 11.8. The number of rotatable bonds is 5. The molecular formula is C11H14O4. The number of esters is 2. The topological polar surface area (TPSA) is 52.6 Å². The minimum Gasteiger partial charge on any atom is -0.468 e. The van der Waals surface area contributed by atoms with Crippen molar-refractivity contribution in [2.24, 2.45) is 5.92 Å². The Kier molecular flexibility index (Phi) is 5.88. The smallest absolute Gasteiger partial charge is 0.320 e. The molecule has 0 spiro atoms. The van der Waals surface area contributed by atoms with Gasteiger partial charge in [-0.1, -0.05) is 12.5 Å². The molecule has 0 heterocycles. The molecule has 4 nitrogen and oxygen atoms in total. The summed E-state index contributed by atoms with van der Waals surface area (Å²) >= 11 is 0. The average Bonchev–Trinajstić information content (AvgIpc) is 2.27. The van der Waals surface area contributed by atoms with Crippen LogP contribution in [0.1, 0.15) is 12.8 Å². The molecule has 0 bridgehead atoms. The molecule has 0 saturated heterocycles. The van der Waals surface area contributed by atoms with Crippen LogP contribution in [0, 0.1) is 18.3 Å². The van der Waals surface area contributed by atoms with Crippen LogP contribution in [0.15, 0.2) is 12.2 Å². The van der Waals surface area contributed by atoms with E-state index in [0.717, 1.165) is 0 Å². The lowest BCUT2D eigenvalue weighted by Gasteiger charge is -2.11. The number of hydrogen-bond donors (Lipinski definition) is 0. The summed E-state index contributed by atoms with van der Waals surface area (Å²) in [6, 6.07) is 0. The molecule has 0 N–H and O–H groups in total. The van der Waals surface area contributed by atoms with Gasteiger partial charge in [0, 0.05) is 0 Å². The summed E-state index contributed by atoms with van der Waals surface area (Å²) in [7, 11) is 2.43. The van der Waals surface area contributed by atoms with Crippen LogP contribution in [-0.4, -0.2) is 26.2 Å². The summed E-state index contributed by atoms with van der Waals surface area (Å²) in [5, 5.41) is 0. The molecule has 0 atom stereocenters. The van der Waals surface area contributed by atoms with Crippen molar-refractivity contribution in [2.75, 3.05) is 14.2 Å². The zero-order valence-electron chi connectivity index (χ0n) is 8.91. The van der Waals surface area contributed by atoms with Crippen molar-refractivity contribution in [3.8, 4) is 12.3 Å². The number of allylic oxidation sites excluding steroid dienone is 1. The molecule has 4 heteroatoms. The number of carbonyl (C=O) groups excluding carboxylic acids is 2. The van der Waals surface area contributed by atoms with Gasteiger partial charge in [0.2, 0.25) is 0 Å². The van der Waals surface area contributed by atoms with Crippen LogP contribution >= 0.6 is 0 Å². The maximum atomic E-state index is 11.2. The van der Waals surface area contributed by atoms with Crippen molar-refractivity contribution in [3.63, 3.8) is 0 Å². The Morgan fingerprint density at radius 2 is 1.80 bits per heavy atom. The normalized spacial score (nSPS) is 9.20. The fraction of sp³-hybridized carbons (Fsp3) is 0.455. The molecule has 15 heavy (non-hydrogen) atoms. The SMILES string of the molecule is C#CC(=C)CCC(C(=O)OC)C(=O)OC. The molecule has 0 rings (SSSR count). The van der Waals surface area contributed by atoms with E-state index in [1.807, 2.05) is 0 Å². The third-order valence-corrected chi connectivity index (χ3v) is 1.91. The van der Waals surface area contributed by atoms with Crippen LogP contribution in [0.3, 0.4) is 0 Å². The first-order valence-electron chi connectivity index (χ1n) is 4.36. The van der Waals surface area contributed by atoms with Crippen molar-refractivity contribution in [2.45, 2.75) is 12.8 Å². The van der Waals surface area contributed by atoms with Crippen LogP contribution in [0.2, 0.25) is 0 Å². The van der Waals surface area contributed by atoms with Crippen molar-refractivity contribution in [3.05, 3.63) is 12.2 Å². The summed E-state index contributed by atoms with van der Waals surface area (Å²) in [5.74, 6) is 0.172. The van der Waals surface area contributed by atoms with Crippen LogP contribution in [0.5, 0.6) is 0 Å². The molecule has 0 fully saturated rings. The Morgan fingerprint density at radius 1 is 1.33 bits per heavy atom. The highest BCUT2D eigenvalue weighted by molar-refractivity contribution is 5.94. The lowest BCUT2D eigenvalue weighted by molar-refractivity contribution is -0.159. The molecule has 0 aliphatic heterocycles. The first-order valence-corrected chi connectivity index (χ1v) is 4.36. The van der Waals surface area contributed by atoms with Gasteiger partial charge < -0.3 is 9.47 Å². The first kappa shape index (κ1) is 13.2. The molecular weight excluding hydrogens is 196 g/mol. The molecule has 0 aliphatic carbocycles. The average molecular weight is 210 g/mol. The predicted molar refractivity (Wildman–Crippen MR) is 54.7 cm³/mol. The lowest BCUT2D eigenvalue weighted by atomic mass is 10.0. The molecule has 82 valence electrons. The molecule has 0 unspecified atom stereocenters. The quantitative estimate of drug-likeness (QED) is 0.384. The van der Waals surface area contributed by atoms with Crippen LogP contribution in [0.25, 0.3) is 0 Å². The van der Waals surface area contributed by atoms with Gasteiger partial charge in [-0.25, -0.2) is 0 Å². The van der Waals surface area contributed by atoms with E-state index in [1.54, 1.807) is 0 Å². The van der Waals surface area contributed by atoms with Crippen LogP contribution in [-0.2, 0) is 19.1 Å². The zero-order valence-corrected chi connectivity index (χ0v) is 8.91. The van der Waals surface area contributed by atoms with Gasteiger partial charge >= 0.3 is 11.9 Å². The van der Waals surface area contributed by atoms with Gasteiger partial charge in [-0.05, 0) is 18.4 Å². The van der Waals surface area contributed by atoms with Gasteiger partial charge in [0.25, 0.3) is 0 Å². The van der Waals surface area contributed by atoms with Gasteiger partial charge in [0.05, 0.1) is 14.2 Å². The Hall–Kier alpha value is -1.76. The van der Waals surface area contributed by atoms with Gasteiger partial charge in [-0.15, -0.1) is 6.42 Å². The van der Waals surface area contributed by atoms with Gasteiger partial charge in [0.15, 0.2) is 5.92 Å². The Balaban J connectivity index is 4.40. The number of carbonyl (C=O) groups is 2. The predicted octanol–water partition coefficient (Wildman–Crippen LogP) is 0.918. The summed E-state index contributed by atoms with van der Waals surface area (Å²) in [6.07, 6.45) is 5.74. The molecule has 0 aromatic heterocycles. The van der Waals surface area contributed by atoms with Crippen LogP contribution in [0.4, 0.5) is 0 Å². The van der Waals surface area contributed by atoms with Crippen molar-refractivity contribution in [1.82, 2.24) is 0 Å². The van der Waals surface area contributed by atoms with Crippen molar-refractivity contribution in [1.29, 1.82) is 0 Å². The number of hydrogen-bond acceptors (Lipinski definition) is 4. The van der Waals surface area contributed by atoms with Gasteiger partial charge in [0.1, 0.15) is 0 Å². The molecule has 0 amide bonds. The highest BCUT2D eigenvalue weighted by Crippen LogP contribution is 2.13. The minimum atomic E-state index is -0.926. The van der Waals surface area contributed by atoms with E-state index >= 15 is 0 Å². The second-order valence-electron chi connectivity index (χ2n) is 2.89. The van der Waals surface area contributed by atoms with E-state index in [-0.39, 0.29) is 6.42 Å². The molecule has 0 aromatic carbocycles. The minimum absolute atomic E-state index is 0.252. The van der Waals surface area contributed by atoms with Crippen LogP contribution < -0.4 is 0 Å². The second kappa shape index (κ2) is 6.66. The van der Waals surface area contributed by atoms with E-state index in [2.05, 4.69) is 22.0 Å². The Morgan fingerprint density at radius 3 is 2.13 bits per heavy atom. The molecule has 0 aromatic rings. The maximum Gasteiger partial charge on any atom is 0.320 e. The first-order chi connectivity index (χ1) is 7.06. The summed E-state index contributed by atoms with van der Waals surface area (Å²) in [6.45, 7) is 3.58. The lowest BCUT2D eigenvalue weighted by Crippen LogP contribution is -2.26.